The van der Waals surface area contributed by atoms with Crippen molar-refractivity contribution in [2.24, 2.45) is 0 Å². The van der Waals surface area contributed by atoms with E-state index in [4.69, 9.17) is 34.2 Å². The van der Waals surface area contributed by atoms with Crippen molar-refractivity contribution in [1.29, 1.82) is 0 Å². The van der Waals surface area contributed by atoms with Crippen molar-refractivity contribution in [2.45, 2.75) is 0 Å². The summed E-state index contributed by atoms with van der Waals surface area (Å²) in [6.07, 6.45) is 0. The number of rotatable bonds is 0. The molecule has 0 spiro atoms. The third kappa shape index (κ3) is 190. The van der Waals surface area contributed by atoms with Crippen LogP contribution in [0.2, 0.25) is 0 Å². The predicted molar refractivity (Wildman–Crippen MR) is 22.1 cm³/mol. The van der Waals surface area contributed by atoms with E-state index in [1.165, 1.54) is 0 Å². The average Bonchev–Trinajstić information content (AvgIpc) is 1.33. The van der Waals surface area contributed by atoms with E-state index in [1.54, 1.807) is 0 Å². The van der Waals surface area contributed by atoms with E-state index in [2.05, 4.69) is 0 Å². The molecule has 0 aromatic carbocycles. The summed E-state index contributed by atoms with van der Waals surface area (Å²) >= 11 is -0.472. The molecule has 0 saturated carbocycles. The number of hydrogen-bond donors (Lipinski definition) is 0. The van der Waals surface area contributed by atoms with Crippen LogP contribution < -0.4 is 0 Å². The van der Waals surface area contributed by atoms with Gasteiger partial charge in [-0.15, -0.1) is 0 Å². The first-order chi connectivity index (χ1) is 3.15. The van der Waals surface area contributed by atoms with Crippen molar-refractivity contribution in [3.63, 3.8) is 0 Å². The normalized spacial score (nSPS) is 5.75. The average molecular weight is 436 g/mol. The van der Waals surface area contributed by atoms with Crippen LogP contribution in [0.1, 0.15) is 0 Å². The Morgan fingerprint density at radius 3 is 1.38 bits per heavy atom. The molecule has 0 aliphatic heterocycles. The van der Waals surface area contributed by atoms with E-state index < -0.39 is 21.6 Å². The second-order valence-corrected chi connectivity index (χ2v) is 3.55. The molecule has 0 radical (unpaired) electrons. The molecule has 58 valence electrons. The molecule has 0 aliphatic rings. The van der Waals surface area contributed by atoms with E-state index in [0.29, 0.717) is 0 Å². The molecule has 8 heavy (non-hydrogen) atoms. The minimum absolute atomic E-state index is 0. The molecule has 0 saturated heterocycles. The molecular formula is AgCl2NO3Pt. The van der Waals surface area contributed by atoms with Crippen LogP contribution in [-0.4, -0.2) is 5.09 Å². The quantitative estimate of drug-likeness (QED) is 0.325. The van der Waals surface area contributed by atoms with E-state index in [0.717, 1.165) is 0 Å². The second-order valence-electron chi connectivity index (χ2n) is 0.269. The molecule has 0 rings (SSSR count). The fourth-order valence-corrected chi connectivity index (χ4v) is 0. The summed E-state index contributed by atoms with van der Waals surface area (Å²) in [4.78, 5) is 8.25. The van der Waals surface area contributed by atoms with Gasteiger partial charge in [-0.05, 0) is 0 Å². The van der Waals surface area contributed by atoms with Gasteiger partial charge in [0.1, 0.15) is 0 Å². The van der Waals surface area contributed by atoms with E-state index in [-0.39, 0.29) is 22.4 Å². The second kappa shape index (κ2) is 15.7. The van der Waals surface area contributed by atoms with Crippen LogP contribution >= 0.6 is 18.8 Å². The predicted octanol–water partition coefficient (Wildman–Crippen LogP) is 1.13. The topological polar surface area (TPSA) is 66.2 Å². The first kappa shape index (κ1) is 16.1. The Bertz CT molecular complexity index is 48.5. The van der Waals surface area contributed by atoms with Crippen LogP contribution in [0.3, 0.4) is 0 Å². The van der Waals surface area contributed by atoms with Gasteiger partial charge in [0.25, 0.3) is 0 Å². The fraction of sp³-hybridized carbons (Fsp3) is 0. The zero-order valence-corrected chi connectivity index (χ0v) is 8.31. The minimum atomic E-state index is -1.75. The molecule has 0 aliphatic carbocycles. The number of nitrogens with zero attached hydrogens (tertiary/aromatic N) is 1. The van der Waals surface area contributed by atoms with Crippen molar-refractivity contribution < 1.29 is 43.9 Å². The summed E-state index contributed by atoms with van der Waals surface area (Å²) in [6, 6.07) is 0. The summed E-state index contributed by atoms with van der Waals surface area (Å²) in [6.45, 7) is 0. The van der Waals surface area contributed by atoms with Gasteiger partial charge in [0, 0.05) is 0 Å². The Morgan fingerprint density at radius 2 is 1.38 bits per heavy atom. The standard InChI is InChI=1S/Ag.2ClH.NO3.Pt/c;;;2-1(3)4;/h;2*1H;;/q+1;;;-1;+2/p-2. The Hall–Kier alpha value is 1.21. The Labute approximate surface area is 77.5 Å². The van der Waals surface area contributed by atoms with Gasteiger partial charge >= 0.3 is 57.7 Å². The molecular weight excluding hydrogens is 436 g/mol. The molecule has 4 nitrogen and oxygen atoms in total. The van der Waals surface area contributed by atoms with Crippen LogP contribution in [0.15, 0.2) is 0 Å². The van der Waals surface area contributed by atoms with E-state index in [9.17, 15) is 0 Å². The zero-order valence-electron chi connectivity index (χ0n) is 3.05. The molecule has 0 N–H and O–H groups in total. The van der Waals surface area contributed by atoms with Crippen molar-refractivity contribution in [3.05, 3.63) is 15.3 Å². The van der Waals surface area contributed by atoms with E-state index >= 15 is 0 Å². The number of hydrogen-bond acceptors (Lipinski definition) is 3. The van der Waals surface area contributed by atoms with Gasteiger partial charge in [0.2, 0.25) is 0 Å². The first-order valence-electron chi connectivity index (χ1n) is 0.787. The number of halogens is 2. The van der Waals surface area contributed by atoms with Crippen LogP contribution in [0.4, 0.5) is 0 Å². The van der Waals surface area contributed by atoms with Crippen molar-refractivity contribution in [2.75, 3.05) is 0 Å². The molecule has 0 aromatic heterocycles. The van der Waals surface area contributed by atoms with Crippen molar-refractivity contribution in [1.82, 2.24) is 0 Å². The Balaban J connectivity index is -0.0000000575. The monoisotopic (exact) mass is 434 g/mol. The fourth-order valence-electron chi connectivity index (χ4n) is 0. The van der Waals surface area contributed by atoms with Gasteiger partial charge in [-0.25, -0.2) is 0 Å². The molecule has 0 amide bonds. The van der Waals surface area contributed by atoms with Gasteiger partial charge in [-0.3, -0.25) is 0 Å². The molecule has 0 aromatic rings. The molecule has 0 heterocycles. The molecule has 8 heteroatoms. The SMILES string of the molecule is O=[N+]([O-])[O-].[Ag+].[Cl][Pt][Cl]. The first-order valence-corrected chi connectivity index (χ1v) is 6.42. The summed E-state index contributed by atoms with van der Waals surface area (Å²) in [5, 5.41) is 14.8. The molecule has 0 atom stereocenters. The van der Waals surface area contributed by atoms with Gasteiger partial charge < -0.3 is 15.3 Å². The Kier molecular flexibility index (Phi) is 31.6. The summed E-state index contributed by atoms with van der Waals surface area (Å²) in [5.74, 6) is 0. The summed E-state index contributed by atoms with van der Waals surface area (Å²) < 4.78 is 0. The Morgan fingerprint density at radius 1 is 1.38 bits per heavy atom. The molecule has 0 fully saturated rings. The van der Waals surface area contributed by atoms with Gasteiger partial charge in [-0.2, -0.15) is 0 Å². The summed E-state index contributed by atoms with van der Waals surface area (Å²) in [5.41, 5.74) is 0. The van der Waals surface area contributed by atoms with E-state index in [1.807, 2.05) is 0 Å². The maximum absolute atomic E-state index is 8.25. The zero-order chi connectivity index (χ0) is 6.28. The van der Waals surface area contributed by atoms with Crippen LogP contribution in [0.5, 0.6) is 0 Å². The van der Waals surface area contributed by atoms with Crippen LogP contribution in [-0.2, 0) is 38.9 Å². The van der Waals surface area contributed by atoms with Gasteiger partial charge in [0.05, 0.1) is 5.09 Å². The van der Waals surface area contributed by atoms with Gasteiger partial charge in [0.15, 0.2) is 0 Å². The summed E-state index contributed by atoms with van der Waals surface area (Å²) in [7, 11) is 9.75. The maximum atomic E-state index is 8.25. The third-order valence-electron chi connectivity index (χ3n) is 0. The van der Waals surface area contributed by atoms with Crippen molar-refractivity contribution >= 4 is 18.8 Å². The van der Waals surface area contributed by atoms with Crippen LogP contribution in [0.25, 0.3) is 0 Å². The molecule has 0 bridgehead atoms. The van der Waals surface area contributed by atoms with Gasteiger partial charge in [-0.1, -0.05) is 0 Å². The van der Waals surface area contributed by atoms with Crippen LogP contribution in [0, 0.1) is 15.3 Å². The van der Waals surface area contributed by atoms with Crippen molar-refractivity contribution in [3.8, 4) is 0 Å². The third-order valence-corrected chi connectivity index (χ3v) is 0. The molecule has 0 unspecified atom stereocenters.